The number of hydrogen-bond donors (Lipinski definition) is 0. The molecule has 0 N–H and O–H groups in total. The molecule has 0 saturated heterocycles. The van der Waals surface area contributed by atoms with Crippen LogP contribution in [0.2, 0.25) is 0 Å². The van der Waals surface area contributed by atoms with E-state index < -0.39 is 20.6 Å². The Bertz CT molecular complexity index is 2480. The monoisotopic (exact) mass is 742 g/mol. The van der Waals surface area contributed by atoms with Crippen LogP contribution in [0.4, 0.5) is 0 Å². The Labute approximate surface area is 277 Å². The van der Waals surface area contributed by atoms with Gasteiger partial charge >= 0.3 is 0 Å². The van der Waals surface area contributed by atoms with Gasteiger partial charge in [-0.15, -0.1) is 53.6 Å². The SMILES string of the molecule is [2H]C([2H])([2H])c1c[c-]c(-c2ccc(C([2H])([2H])[2H])cn2)cc1.[2H]C([2H])([2H])c1ccnc(-c2[c-]ccc3c2oc2cc4c(ccc5ccccc54)cc23)c1.[Ir]. The summed E-state index contributed by atoms with van der Waals surface area (Å²) in [5.74, 6) is 0. The summed E-state index contributed by atoms with van der Waals surface area (Å²) in [5.41, 5.74) is 4.43. The summed E-state index contributed by atoms with van der Waals surface area (Å²) in [7, 11) is 0. The van der Waals surface area contributed by atoms with E-state index in [1.54, 1.807) is 18.2 Å². The van der Waals surface area contributed by atoms with E-state index in [-0.39, 0.29) is 36.8 Å². The summed E-state index contributed by atoms with van der Waals surface area (Å²) in [4.78, 5) is 8.47. The molecule has 0 atom stereocenters. The van der Waals surface area contributed by atoms with E-state index in [4.69, 9.17) is 16.8 Å². The minimum absolute atomic E-state index is 0. The summed E-state index contributed by atoms with van der Waals surface area (Å²) >= 11 is 0. The summed E-state index contributed by atoms with van der Waals surface area (Å²) in [6.07, 6.45) is 2.82. The second kappa shape index (κ2) is 11.9. The van der Waals surface area contributed by atoms with Gasteiger partial charge in [0.25, 0.3) is 0 Å². The number of nitrogens with zero attached hydrogens (tertiary/aromatic N) is 2. The number of rotatable bonds is 2. The molecule has 3 nitrogen and oxygen atoms in total. The molecule has 3 heterocycles. The fourth-order valence-corrected chi connectivity index (χ4v) is 5.14. The van der Waals surface area contributed by atoms with Crippen molar-refractivity contribution in [2.24, 2.45) is 0 Å². The van der Waals surface area contributed by atoms with Gasteiger partial charge in [-0.3, -0.25) is 0 Å². The van der Waals surface area contributed by atoms with Crippen LogP contribution in [0.5, 0.6) is 0 Å². The van der Waals surface area contributed by atoms with Crippen LogP contribution in [0.3, 0.4) is 0 Å². The summed E-state index contributed by atoms with van der Waals surface area (Å²) < 4.78 is 73.1. The van der Waals surface area contributed by atoms with E-state index in [0.717, 1.165) is 27.1 Å². The maximum absolute atomic E-state index is 7.70. The summed E-state index contributed by atoms with van der Waals surface area (Å²) in [6.45, 7) is -6.54. The number of fused-ring (bicyclic) bond motifs is 6. The van der Waals surface area contributed by atoms with Gasteiger partial charge in [0.1, 0.15) is 5.58 Å². The Kier molecular flexibility index (Phi) is 5.42. The molecule has 8 aromatic rings. The van der Waals surface area contributed by atoms with Gasteiger partial charge < -0.3 is 14.4 Å². The first kappa shape index (κ1) is 19.5. The fourth-order valence-electron chi connectivity index (χ4n) is 5.14. The molecule has 1 radical (unpaired) electrons. The number of pyridine rings is 2. The van der Waals surface area contributed by atoms with Crippen molar-refractivity contribution in [2.75, 3.05) is 0 Å². The quantitative estimate of drug-likeness (QED) is 0.131. The summed E-state index contributed by atoms with van der Waals surface area (Å²) in [6, 6.07) is 37.4. The second-order valence-electron chi connectivity index (χ2n) is 9.91. The topological polar surface area (TPSA) is 38.9 Å². The standard InChI is InChI=1S/C26H16NO.C13H12N.Ir/c1-16-11-12-27-24(13-16)21-8-4-7-20-23-14-18-10-9-17-5-2-3-6-19(17)22(18)15-25(23)28-26(20)21;1-10-3-6-12(7-4-10)13-8-5-11(2)9-14-13;/h2-7,9-15H,1H3;3-6,8-9H,1-2H3;/q2*-1;/i1D3;1D3,2D3;. The normalized spacial score (nSPS) is 14.9. The molecule has 0 amide bonds. The smallest absolute Gasteiger partial charge is 0.121 e. The van der Waals surface area contributed by atoms with Crippen LogP contribution in [0, 0.1) is 32.7 Å². The Morgan fingerprint density at radius 1 is 0.651 bits per heavy atom. The van der Waals surface area contributed by atoms with Crippen molar-refractivity contribution < 1.29 is 36.9 Å². The van der Waals surface area contributed by atoms with Gasteiger partial charge in [-0.05, 0) is 70.4 Å². The van der Waals surface area contributed by atoms with Gasteiger partial charge in [-0.1, -0.05) is 78.0 Å². The molecule has 0 aliphatic carbocycles. The van der Waals surface area contributed by atoms with E-state index in [1.165, 1.54) is 47.4 Å². The molecular weight excluding hydrogens is 705 g/mol. The largest absolute Gasteiger partial charge is 0.501 e. The van der Waals surface area contributed by atoms with Crippen LogP contribution < -0.4 is 0 Å². The molecule has 43 heavy (non-hydrogen) atoms. The summed E-state index contributed by atoms with van der Waals surface area (Å²) in [5, 5.41) is 6.62. The van der Waals surface area contributed by atoms with Crippen LogP contribution in [0.25, 0.3) is 66.0 Å². The average molecular weight is 742 g/mol. The van der Waals surface area contributed by atoms with Crippen molar-refractivity contribution in [3.05, 3.63) is 144 Å². The van der Waals surface area contributed by atoms with Crippen molar-refractivity contribution in [3.63, 3.8) is 0 Å². The fraction of sp³-hybridized carbons (Fsp3) is 0.0769. The molecule has 0 aliphatic rings. The van der Waals surface area contributed by atoms with Gasteiger partial charge in [0.15, 0.2) is 0 Å². The number of aryl methyl sites for hydroxylation is 3. The number of hydrogen-bond acceptors (Lipinski definition) is 3. The number of furan rings is 1. The predicted octanol–water partition coefficient (Wildman–Crippen LogP) is 10.2. The van der Waals surface area contributed by atoms with Crippen LogP contribution >= 0.6 is 0 Å². The van der Waals surface area contributed by atoms with E-state index >= 15 is 0 Å². The van der Waals surface area contributed by atoms with E-state index in [9.17, 15) is 0 Å². The zero-order valence-electron chi connectivity index (χ0n) is 31.6. The van der Waals surface area contributed by atoms with Crippen LogP contribution in [0.1, 0.15) is 29.0 Å². The van der Waals surface area contributed by atoms with Crippen LogP contribution in [0.15, 0.2) is 120 Å². The molecule has 0 unspecified atom stereocenters. The number of aromatic nitrogens is 2. The molecule has 3 aromatic heterocycles. The average Bonchev–Trinajstić information content (AvgIpc) is 3.48. The molecule has 0 fully saturated rings. The molecule has 0 saturated carbocycles. The van der Waals surface area contributed by atoms with Gasteiger partial charge in [-0.25, -0.2) is 0 Å². The van der Waals surface area contributed by atoms with Crippen LogP contribution in [-0.2, 0) is 20.1 Å². The predicted molar refractivity (Wildman–Crippen MR) is 174 cm³/mol. The molecule has 5 aromatic carbocycles. The van der Waals surface area contributed by atoms with Crippen molar-refractivity contribution in [1.82, 2.24) is 9.97 Å². The van der Waals surface area contributed by atoms with E-state index in [0.29, 0.717) is 28.1 Å². The molecule has 0 bridgehead atoms. The van der Waals surface area contributed by atoms with Gasteiger partial charge in [0.05, 0.1) is 5.58 Å². The Hall–Kier alpha value is -4.63. The molecule has 0 spiro atoms. The first-order chi connectivity index (χ1) is 24.2. The van der Waals surface area contributed by atoms with E-state index in [1.807, 2.05) is 24.3 Å². The van der Waals surface area contributed by atoms with Crippen molar-refractivity contribution in [3.8, 4) is 22.5 Å². The third kappa shape index (κ3) is 5.60. The molecular formula is C39H28IrN2O-2. The zero-order chi connectivity index (χ0) is 36.1. The molecule has 4 heteroatoms. The van der Waals surface area contributed by atoms with Gasteiger partial charge in [0.2, 0.25) is 0 Å². The van der Waals surface area contributed by atoms with Crippen molar-refractivity contribution in [1.29, 1.82) is 0 Å². The van der Waals surface area contributed by atoms with Gasteiger partial charge in [-0.2, -0.15) is 0 Å². The zero-order valence-corrected chi connectivity index (χ0v) is 25.0. The van der Waals surface area contributed by atoms with Crippen molar-refractivity contribution in [2.45, 2.75) is 20.6 Å². The third-order valence-electron chi connectivity index (χ3n) is 7.16. The Morgan fingerprint density at radius 3 is 2.33 bits per heavy atom. The maximum Gasteiger partial charge on any atom is 0.121 e. The molecule has 211 valence electrons. The first-order valence-corrected chi connectivity index (χ1v) is 13.3. The van der Waals surface area contributed by atoms with E-state index in [2.05, 4.69) is 58.5 Å². The van der Waals surface area contributed by atoms with Crippen LogP contribution in [-0.4, -0.2) is 9.97 Å². The van der Waals surface area contributed by atoms with Gasteiger partial charge in [0, 0.05) is 50.2 Å². The number of benzene rings is 5. The minimum atomic E-state index is -2.20. The maximum atomic E-state index is 7.70. The first-order valence-electron chi connectivity index (χ1n) is 17.8. The minimum Gasteiger partial charge on any atom is -0.501 e. The Morgan fingerprint density at radius 2 is 1.51 bits per heavy atom. The molecule has 8 rings (SSSR count). The second-order valence-corrected chi connectivity index (χ2v) is 9.91. The molecule has 0 aliphatic heterocycles. The third-order valence-corrected chi connectivity index (χ3v) is 7.16. The Balaban J connectivity index is 0.000000193. The van der Waals surface area contributed by atoms with Crippen molar-refractivity contribution >= 4 is 43.5 Å².